The van der Waals surface area contributed by atoms with Crippen LogP contribution in [0.25, 0.3) is 0 Å². The van der Waals surface area contributed by atoms with Crippen LogP contribution in [0.2, 0.25) is 0 Å². The van der Waals surface area contributed by atoms with Crippen molar-refractivity contribution < 1.29 is 19.8 Å². The van der Waals surface area contributed by atoms with Gasteiger partial charge in [0.15, 0.2) is 0 Å². The second-order valence-corrected chi connectivity index (χ2v) is 5.06. The molecule has 0 aromatic heterocycles. The molecule has 2 fully saturated rings. The molecule has 2 aliphatic rings. The van der Waals surface area contributed by atoms with Gasteiger partial charge in [0.05, 0.1) is 5.92 Å². The van der Waals surface area contributed by atoms with E-state index in [9.17, 15) is 14.7 Å². The van der Waals surface area contributed by atoms with E-state index in [1.807, 2.05) is 6.92 Å². The van der Waals surface area contributed by atoms with Gasteiger partial charge in [-0.1, -0.05) is 13.3 Å². The first-order valence-corrected chi connectivity index (χ1v) is 5.68. The van der Waals surface area contributed by atoms with E-state index in [4.69, 9.17) is 10.8 Å². The largest absolute Gasteiger partial charge is 0.481 e. The second kappa shape index (κ2) is 3.45. The molecule has 5 nitrogen and oxygen atoms in total. The first-order chi connectivity index (χ1) is 7.42. The maximum absolute atomic E-state index is 11.3. The number of rotatable bonds is 3. The number of fused-ring (bicyclic) bond motifs is 2. The third-order valence-corrected chi connectivity index (χ3v) is 4.49. The summed E-state index contributed by atoms with van der Waals surface area (Å²) in [5.74, 6) is -3.12. The van der Waals surface area contributed by atoms with Crippen molar-refractivity contribution in [3.05, 3.63) is 0 Å². The highest BCUT2D eigenvalue weighted by Gasteiger charge is 2.66. The lowest BCUT2D eigenvalue weighted by Crippen LogP contribution is -2.61. The highest BCUT2D eigenvalue weighted by Crippen LogP contribution is 2.57. The van der Waals surface area contributed by atoms with Gasteiger partial charge in [-0.2, -0.15) is 0 Å². The maximum Gasteiger partial charge on any atom is 0.324 e. The Kier molecular flexibility index (Phi) is 2.45. The molecule has 0 radical (unpaired) electrons. The Morgan fingerprint density at radius 2 is 2.00 bits per heavy atom. The summed E-state index contributed by atoms with van der Waals surface area (Å²) in [4.78, 5) is 22.5. The van der Waals surface area contributed by atoms with Crippen molar-refractivity contribution in [2.45, 2.75) is 31.7 Å². The molecule has 0 amide bonds. The van der Waals surface area contributed by atoms with Crippen LogP contribution in [0.5, 0.6) is 0 Å². The van der Waals surface area contributed by atoms with Crippen molar-refractivity contribution >= 4 is 11.9 Å². The van der Waals surface area contributed by atoms with Gasteiger partial charge in [0.25, 0.3) is 0 Å². The van der Waals surface area contributed by atoms with Gasteiger partial charge in [-0.3, -0.25) is 9.59 Å². The van der Waals surface area contributed by atoms with E-state index in [2.05, 4.69) is 0 Å². The number of nitrogens with two attached hydrogens (primary N) is 1. The van der Waals surface area contributed by atoms with Crippen molar-refractivity contribution in [2.24, 2.45) is 29.4 Å². The molecule has 2 aliphatic carbocycles. The zero-order chi connectivity index (χ0) is 12.1. The Balaban J connectivity index is 2.38. The van der Waals surface area contributed by atoms with Crippen molar-refractivity contribution in [1.82, 2.24) is 0 Å². The summed E-state index contributed by atoms with van der Waals surface area (Å²) < 4.78 is 0. The molecule has 2 saturated carbocycles. The molecule has 5 heteroatoms. The monoisotopic (exact) mass is 227 g/mol. The average molecular weight is 227 g/mol. The highest BCUT2D eigenvalue weighted by atomic mass is 16.4. The summed E-state index contributed by atoms with van der Waals surface area (Å²) in [5.41, 5.74) is 4.36. The quantitative estimate of drug-likeness (QED) is 0.653. The number of carbonyl (C=O) groups is 2. The lowest BCUT2D eigenvalue weighted by molar-refractivity contribution is -0.159. The topological polar surface area (TPSA) is 101 Å². The number of hydrogen-bond acceptors (Lipinski definition) is 3. The Bertz CT molecular complexity index is 343. The van der Waals surface area contributed by atoms with Gasteiger partial charge in [0.2, 0.25) is 0 Å². The maximum atomic E-state index is 11.3. The van der Waals surface area contributed by atoms with Crippen LogP contribution >= 0.6 is 0 Å². The molecular weight excluding hydrogens is 210 g/mol. The van der Waals surface area contributed by atoms with Crippen LogP contribution in [0, 0.1) is 23.7 Å². The Morgan fingerprint density at radius 3 is 2.44 bits per heavy atom. The Labute approximate surface area is 93.6 Å². The molecule has 4 N–H and O–H groups in total. The zero-order valence-electron chi connectivity index (χ0n) is 9.22. The van der Waals surface area contributed by atoms with Gasteiger partial charge < -0.3 is 15.9 Å². The molecule has 0 spiro atoms. The summed E-state index contributed by atoms with van der Waals surface area (Å²) in [6, 6.07) is 0. The van der Waals surface area contributed by atoms with Crippen molar-refractivity contribution in [1.29, 1.82) is 0 Å². The Morgan fingerprint density at radius 1 is 1.38 bits per heavy atom. The minimum atomic E-state index is -1.56. The summed E-state index contributed by atoms with van der Waals surface area (Å²) in [5, 5.41) is 18.4. The predicted molar refractivity (Wildman–Crippen MR) is 55.7 cm³/mol. The lowest BCUT2D eigenvalue weighted by Gasteiger charge is -2.38. The normalized spacial score (nSPS) is 45.9. The molecule has 0 unspecified atom stereocenters. The van der Waals surface area contributed by atoms with Gasteiger partial charge >= 0.3 is 11.9 Å². The molecule has 2 bridgehead atoms. The number of hydrogen-bond donors (Lipinski definition) is 3. The molecule has 0 heterocycles. The predicted octanol–water partition coefficient (Wildman–Crippen LogP) is 0.535. The van der Waals surface area contributed by atoms with E-state index in [1.165, 1.54) is 0 Å². The SMILES string of the molecule is CC[C@@H]1C[C@@H]2C[C@H]1[C@](N)(C(=O)O)[C@H]2C(=O)O. The van der Waals surface area contributed by atoms with E-state index in [0.29, 0.717) is 6.42 Å². The molecule has 0 aliphatic heterocycles. The lowest BCUT2D eigenvalue weighted by atomic mass is 9.68. The van der Waals surface area contributed by atoms with Crippen LogP contribution in [-0.2, 0) is 9.59 Å². The zero-order valence-corrected chi connectivity index (χ0v) is 9.22. The van der Waals surface area contributed by atoms with Crippen LogP contribution in [0.3, 0.4) is 0 Å². The van der Waals surface area contributed by atoms with E-state index in [-0.39, 0.29) is 17.8 Å². The summed E-state index contributed by atoms with van der Waals surface area (Å²) in [6.45, 7) is 2.00. The van der Waals surface area contributed by atoms with Crippen LogP contribution in [-0.4, -0.2) is 27.7 Å². The Hall–Kier alpha value is -1.10. The first-order valence-electron chi connectivity index (χ1n) is 5.68. The van der Waals surface area contributed by atoms with Gasteiger partial charge in [-0.25, -0.2) is 0 Å². The third kappa shape index (κ3) is 1.21. The van der Waals surface area contributed by atoms with Crippen molar-refractivity contribution in [3.63, 3.8) is 0 Å². The second-order valence-electron chi connectivity index (χ2n) is 5.06. The molecule has 5 atom stereocenters. The summed E-state index contributed by atoms with van der Waals surface area (Å²) in [7, 11) is 0. The van der Waals surface area contributed by atoms with E-state index in [1.54, 1.807) is 0 Å². The van der Waals surface area contributed by atoms with Gasteiger partial charge in [0.1, 0.15) is 5.54 Å². The van der Waals surface area contributed by atoms with E-state index < -0.39 is 23.4 Å². The van der Waals surface area contributed by atoms with Crippen LogP contribution < -0.4 is 5.73 Å². The number of aliphatic carboxylic acids is 2. The van der Waals surface area contributed by atoms with Crippen molar-refractivity contribution in [3.8, 4) is 0 Å². The fourth-order valence-corrected chi connectivity index (χ4v) is 3.79. The first kappa shape index (κ1) is 11.4. The summed E-state index contributed by atoms with van der Waals surface area (Å²) >= 11 is 0. The third-order valence-electron chi connectivity index (χ3n) is 4.49. The fourth-order valence-electron chi connectivity index (χ4n) is 3.79. The highest BCUT2D eigenvalue weighted by molar-refractivity contribution is 5.88. The molecule has 0 saturated heterocycles. The van der Waals surface area contributed by atoms with E-state index in [0.717, 1.165) is 12.8 Å². The fraction of sp³-hybridized carbons (Fsp3) is 0.818. The molecular formula is C11H17NO4. The molecule has 16 heavy (non-hydrogen) atoms. The minimum Gasteiger partial charge on any atom is -0.481 e. The van der Waals surface area contributed by atoms with Gasteiger partial charge in [0, 0.05) is 0 Å². The van der Waals surface area contributed by atoms with Gasteiger partial charge in [-0.15, -0.1) is 0 Å². The molecule has 0 aromatic carbocycles. The van der Waals surface area contributed by atoms with Gasteiger partial charge in [-0.05, 0) is 30.6 Å². The molecule has 90 valence electrons. The van der Waals surface area contributed by atoms with Crippen molar-refractivity contribution in [2.75, 3.05) is 0 Å². The average Bonchev–Trinajstić information content (AvgIpc) is 2.72. The molecule has 2 rings (SSSR count). The van der Waals surface area contributed by atoms with Crippen LogP contribution in [0.1, 0.15) is 26.2 Å². The standard InChI is InChI=1S/C11H17NO4/c1-2-5-3-6-4-7(5)11(12,10(15)16)8(6)9(13)14/h5-8H,2-4,12H2,1H3,(H,13,14)(H,15,16)/t5-,6-,7-,8-,11-/m1/s1. The molecule has 0 aromatic rings. The number of carboxylic acid groups (broad SMARTS) is 2. The van der Waals surface area contributed by atoms with Crippen LogP contribution in [0.4, 0.5) is 0 Å². The minimum absolute atomic E-state index is 0.0615. The van der Waals surface area contributed by atoms with E-state index >= 15 is 0 Å². The smallest absolute Gasteiger partial charge is 0.324 e. The summed E-state index contributed by atoms with van der Waals surface area (Å²) in [6.07, 6.45) is 2.34. The van der Waals surface area contributed by atoms with Crippen LogP contribution in [0.15, 0.2) is 0 Å². The number of carboxylic acids is 2.